The molecule has 0 aliphatic carbocycles. The molecule has 0 radical (unpaired) electrons. The molecule has 0 atom stereocenters. The lowest BCUT2D eigenvalue weighted by atomic mass is 10.3. The van der Waals surface area contributed by atoms with Gasteiger partial charge >= 0.3 is 0 Å². The molecule has 1 heterocycles. The van der Waals surface area contributed by atoms with Crippen LogP contribution < -0.4 is 10.3 Å². The Kier molecular flexibility index (Phi) is 4.15. The second-order valence-electron chi connectivity index (χ2n) is 3.73. The third-order valence-electron chi connectivity index (χ3n) is 2.43. The van der Waals surface area contributed by atoms with Gasteiger partial charge in [-0.3, -0.25) is 4.79 Å². The molecule has 0 bridgehead atoms. The van der Waals surface area contributed by atoms with Crippen molar-refractivity contribution in [2.75, 3.05) is 0 Å². The van der Waals surface area contributed by atoms with E-state index in [1.165, 1.54) is 0 Å². The topological polar surface area (TPSA) is 55.0 Å². The van der Waals surface area contributed by atoms with Crippen molar-refractivity contribution in [3.05, 3.63) is 56.7 Å². The lowest BCUT2D eigenvalue weighted by Crippen LogP contribution is -2.16. The van der Waals surface area contributed by atoms with E-state index in [2.05, 4.69) is 25.9 Å². The molecule has 0 saturated carbocycles. The quantitative estimate of drug-likeness (QED) is 0.944. The molecular formula is C13H13BrN2O2. The van der Waals surface area contributed by atoms with Crippen LogP contribution in [0.2, 0.25) is 0 Å². The van der Waals surface area contributed by atoms with Gasteiger partial charge < -0.3 is 9.72 Å². The molecule has 1 N–H and O–H groups in total. The highest BCUT2D eigenvalue weighted by atomic mass is 79.9. The minimum absolute atomic E-state index is 0.173. The summed E-state index contributed by atoms with van der Waals surface area (Å²) in [6.45, 7) is 2.20. The number of H-pyrrole nitrogens is 1. The number of halogens is 1. The average molecular weight is 309 g/mol. The van der Waals surface area contributed by atoms with Gasteiger partial charge in [0, 0.05) is 0 Å². The molecule has 2 rings (SSSR count). The summed E-state index contributed by atoms with van der Waals surface area (Å²) in [5.41, 5.74) is 0.568. The van der Waals surface area contributed by atoms with Crippen molar-refractivity contribution in [3.8, 4) is 5.75 Å². The lowest BCUT2D eigenvalue weighted by molar-refractivity contribution is 0.295. The highest BCUT2D eigenvalue weighted by Gasteiger charge is 2.07. The summed E-state index contributed by atoms with van der Waals surface area (Å²) in [6.07, 6.45) is 0.697. The van der Waals surface area contributed by atoms with E-state index >= 15 is 0 Å². The summed E-state index contributed by atoms with van der Waals surface area (Å²) in [6, 6.07) is 9.42. The van der Waals surface area contributed by atoms with E-state index in [1.54, 1.807) is 0 Å². The summed E-state index contributed by atoms with van der Waals surface area (Å²) in [7, 11) is 0. The maximum Gasteiger partial charge on any atom is 0.265 e. The van der Waals surface area contributed by atoms with Crippen LogP contribution in [0.1, 0.15) is 18.4 Å². The van der Waals surface area contributed by atoms with E-state index < -0.39 is 0 Å². The Bertz CT molecular complexity index is 581. The van der Waals surface area contributed by atoms with Gasteiger partial charge in [-0.05, 0) is 34.5 Å². The molecule has 0 spiro atoms. The smallest absolute Gasteiger partial charge is 0.265 e. The van der Waals surface area contributed by atoms with Gasteiger partial charge in [-0.15, -0.1) is 0 Å². The van der Waals surface area contributed by atoms with Crippen LogP contribution in [0.5, 0.6) is 5.75 Å². The fourth-order valence-electron chi connectivity index (χ4n) is 1.53. The SMILES string of the molecule is CCc1nc(COc2ccccc2)[nH]c(=O)c1Br. The number of nitrogens with one attached hydrogen (secondary N) is 1. The normalized spacial score (nSPS) is 10.3. The van der Waals surface area contributed by atoms with Gasteiger partial charge in [0.05, 0.1) is 5.69 Å². The van der Waals surface area contributed by atoms with Crippen molar-refractivity contribution in [1.82, 2.24) is 9.97 Å². The zero-order valence-corrected chi connectivity index (χ0v) is 11.5. The third-order valence-corrected chi connectivity index (χ3v) is 3.25. The zero-order valence-electron chi connectivity index (χ0n) is 9.94. The minimum atomic E-state index is -0.173. The van der Waals surface area contributed by atoms with E-state index in [9.17, 15) is 4.79 Å². The average Bonchev–Trinajstić information content (AvgIpc) is 2.41. The van der Waals surface area contributed by atoms with Crippen LogP contribution in [0.25, 0.3) is 0 Å². The standard InChI is InChI=1S/C13H13BrN2O2/c1-2-10-12(14)13(17)16-11(15-10)8-18-9-6-4-3-5-7-9/h3-7H,2,8H2,1H3,(H,15,16,17). The van der Waals surface area contributed by atoms with Crippen LogP contribution in [-0.2, 0) is 13.0 Å². The molecule has 0 amide bonds. The Balaban J connectivity index is 2.15. The number of ether oxygens (including phenoxy) is 1. The van der Waals surface area contributed by atoms with Crippen molar-refractivity contribution < 1.29 is 4.74 Å². The summed E-state index contributed by atoms with van der Waals surface area (Å²) in [5.74, 6) is 1.28. The van der Waals surface area contributed by atoms with Crippen molar-refractivity contribution in [2.45, 2.75) is 20.0 Å². The van der Waals surface area contributed by atoms with Crippen molar-refractivity contribution in [1.29, 1.82) is 0 Å². The molecule has 1 aromatic heterocycles. The molecule has 0 aliphatic heterocycles. The first-order valence-corrected chi connectivity index (χ1v) is 6.45. The van der Waals surface area contributed by atoms with E-state index in [1.807, 2.05) is 37.3 Å². The number of aromatic amines is 1. The largest absolute Gasteiger partial charge is 0.486 e. The number of hydrogen-bond acceptors (Lipinski definition) is 3. The molecular weight excluding hydrogens is 296 g/mol. The third kappa shape index (κ3) is 2.98. The highest BCUT2D eigenvalue weighted by molar-refractivity contribution is 9.10. The Morgan fingerprint density at radius 1 is 1.33 bits per heavy atom. The van der Waals surface area contributed by atoms with Crippen LogP contribution in [0, 0.1) is 0 Å². The Hall–Kier alpha value is -1.62. The monoisotopic (exact) mass is 308 g/mol. The molecule has 4 nitrogen and oxygen atoms in total. The van der Waals surface area contributed by atoms with Crippen LogP contribution >= 0.6 is 15.9 Å². The first-order chi connectivity index (χ1) is 8.70. The summed E-state index contributed by atoms with van der Waals surface area (Å²) in [5, 5.41) is 0. The first-order valence-electron chi connectivity index (χ1n) is 5.66. The molecule has 0 fully saturated rings. The minimum Gasteiger partial charge on any atom is -0.486 e. The van der Waals surface area contributed by atoms with Crippen LogP contribution in [-0.4, -0.2) is 9.97 Å². The van der Waals surface area contributed by atoms with E-state index in [0.717, 1.165) is 11.4 Å². The van der Waals surface area contributed by atoms with Crippen molar-refractivity contribution in [2.24, 2.45) is 0 Å². The Morgan fingerprint density at radius 3 is 2.72 bits per heavy atom. The molecule has 94 valence electrons. The molecule has 0 saturated heterocycles. The molecule has 0 unspecified atom stereocenters. The van der Waals surface area contributed by atoms with Crippen LogP contribution in [0.15, 0.2) is 39.6 Å². The maximum absolute atomic E-state index is 11.6. The summed E-state index contributed by atoms with van der Waals surface area (Å²) >= 11 is 3.22. The first kappa shape index (κ1) is 12.8. The number of benzene rings is 1. The second-order valence-corrected chi connectivity index (χ2v) is 4.52. The van der Waals surface area contributed by atoms with Crippen molar-refractivity contribution >= 4 is 15.9 Å². The van der Waals surface area contributed by atoms with Gasteiger partial charge in [-0.2, -0.15) is 0 Å². The number of para-hydroxylation sites is 1. The molecule has 0 aliphatic rings. The fraction of sp³-hybridized carbons (Fsp3) is 0.231. The maximum atomic E-state index is 11.6. The van der Waals surface area contributed by atoms with Gasteiger partial charge in [0.25, 0.3) is 5.56 Å². The van der Waals surface area contributed by atoms with Gasteiger partial charge in [-0.25, -0.2) is 4.98 Å². The number of nitrogens with zero attached hydrogens (tertiary/aromatic N) is 1. The van der Waals surface area contributed by atoms with E-state index in [0.29, 0.717) is 16.7 Å². The number of aryl methyl sites for hydroxylation is 1. The van der Waals surface area contributed by atoms with E-state index in [4.69, 9.17) is 4.74 Å². The molecule has 5 heteroatoms. The van der Waals surface area contributed by atoms with Crippen LogP contribution in [0.3, 0.4) is 0 Å². The van der Waals surface area contributed by atoms with Gasteiger partial charge in [0.2, 0.25) is 0 Å². The van der Waals surface area contributed by atoms with Gasteiger partial charge in [-0.1, -0.05) is 25.1 Å². The highest BCUT2D eigenvalue weighted by Crippen LogP contribution is 2.12. The summed E-state index contributed by atoms with van der Waals surface area (Å²) in [4.78, 5) is 18.7. The van der Waals surface area contributed by atoms with Gasteiger partial charge in [0.1, 0.15) is 22.7 Å². The molecule has 1 aromatic carbocycles. The fourth-order valence-corrected chi connectivity index (χ4v) is 2.00. The molecule has 18 heavy (non-hydrogen) atoms. The predicted octanol–water partition coefficient (Wildman–Crippen LogP) is 2.67. The number of aromatic nitrogens is 2. The van der Waals surface area contributed by atoms with Crippen LogP contribution in [0.4, 0.5) is 0 Å². The Labute approximate surface area is 113 Å². The van der Waals surface area contributed by atoms with E-state index in [-0.39, 0.29) is 12.2 Å². The predicted molar refractivity (Wildman–Crippen MR) is 72.7 cm³/mol. The number of hydrogen-bond donors (Lipinski definition) is 1. The van der Waals surface area contributed by atoms with Crippen molar-refractivity contribution in [3.63, 3.8) is 0 Å². The Morgan fingerprint density at radius 2 is 2.06 bits per heavy atom. The van der Waals surface area contributed by atoms with Gasteiger partial charge in [0.15, 0.2) is 0 Å². The molecule has 2 aromatic rings. The number of rotatable bonds is 4. The second kappa shape index (κ2) is 5.82. The summed E-state index contributed by atoms with van der Waals surface area (Å²) < 4.78 is 6.03. The zero-order chi connectivity index (χ0) is 13.0. The lowest BCUT2D eigenvalue weighted by Gasteiger charge is -2.07.